The van der Waals surface area contributed by atoms with Crippen LogP contribution in [0.15, 0.2) is 36.7 Å². The molecule has 6 heteroatoms. The molecule has 0 spiro atoms. The molecule has 3 aromatic rings. The topological polar surface area (TPSA) is 56.3 Å². The highest BCUT2D eigenvalue weighted by Crippen LogP contribution is 2.36. The van der Waals surface area contributed by atoms with Gasteiger partial charge in [-0.3, -0.25) is 0 Å². The van der Waals surface area contributed by atoms with Crippen LogP contribution in [0, 0.1) is 12.7 Å². The SMILES string of the molecule is Cc1ccc(Nc2ncnc3cc4c(cc23)OCCO4)c(F)c1. The summed E-state index contributed by atoms with van der Waals surface area (Å²) in [6.07, 6.45) is 1.44. The predicted molar refractivity (Wildman–Crippen MR) is 84.9 cm³/mol. The second kappa shape index (κ2) is 5.39. The van der Waals surface area contributed by atoms with Gasteiger partial charge in [0, 0.05) is 11.5 Å². The first-order valence-electron chi connectivity index (χ1n) is 7.28. The highest BCUT2D eigenvalue weighted by molar-refractivity contribution is 5.93. The number of rotatable bonds is 2. The number of halogens is 1. The van der Waals surface area contributed by atoms with Gasteiger partial charge in [-0.25, -0.2) is 14.4 Å². The van der Waals surface area contributed by atoms with Crippen LogP contribution in [0.1, 0.15) is 5.56 Å². The van der Waals surface area contributed by atoms with Crippen molar-refractivity contribution in [1.29, 1.82) is 0 Å². The third kappa shape index (κ3) is 2.52. The smallest absolute Gasteiger partial charge is 0.163 e. The predicted octanol–water partition coefficient (Wildman–Crippen LogP) is 3.59. The van der Waals surface area contributed by atoms with Crippen molar-refractivity contribution in [3.63, 3.8) is 0 Å². The number of aromatic nitrogens is 2. The number of ether oxygens (including phenoxy) is 2. The number of benzene rings is 2. The molecule has 0 saturated heterocycles. The molecule has 0 fully saturated rings. The molecule has 0 bridgehead atoms. The monoisotopic (exact) mass is 311 g/mol. The van der Waals surface area contributed by atoms with Gasteiger partial charge in [-0.15, -0.1) is 0 Å². The van der Waals surface area contributed by atoms with Crippen molar-refractivity contribution < 1.29 is 13.9 Å². The van der Waals surface area contributed by atoms with E-state index in [1.165, 1.54) is 12.4 Å². The van der Waals surface area contributed by atoms with E-state index in [2.05, 4.69) is 15.3 Å². The molecule has 0 unspecified atom stereocenters. The van der Waals surface area contributed by atoms with Crippen LogP contribution in [-0.4, -0.2) is 23.2 Å². The summed E-state index contributed by atoms with van der Waals surface area (Å²) in [4.78, 5) is 8.48. The number of nitrogens with one attached hydrogen (secondary N) is 1. The third-order valence-electron chi connectivity index (χ3n) is 3.68. The summed E-state index contributed by atoms with van der Waals surface area (Å²) in [6.45, 7) is 2.86. The minimum absolute atomic E-state index is 0.325. The zero-order valence-corrected chi connectivity index (χ0v) is 12.5. The second-order valence-electron chi connectivity index (χ2n) is 5.34. The van der Waals surface area contributed by atoms with E-state index in [9.17, 15) is 4.39 Å². The van der Waals surface area contributed by atoms with Crippen LogP contribution >= 0.6 is 0 Å². The van der Waals surface area contributed by atoms with Gasteiger partial charge in [0.15, 0.2) is 11.5 Å². The van der Waals surface area contributed by atoms with Crippen LogP contribution < -0.4 is 14.8 Å². The van der Waals surface area contributed by atoms with E-state index in [1.807, 2.05) is 25.1 Å². The number of hydrogen-bond donors (Lipinski definition) is 1. The van der Waals surface area contributed by atoms with Crippen LogP contribution in [0.25, 0.3) is 10.9 Å². The maximum atomic E-state index is 14.1. The Balaban J connectivity index is 1.80. The van der Waals surface area contributed by atoms with Gasteiger partial charge in [0.25, 0.3) is 0 Å². The highest BCUT2D eigenvalue weighted by Gasteiger charge is 2.16. The van der Waals surface area contributed by atoms with E-state index in [4.69, 9.17) is 9.47 Å². The summed E-state index contributed by atoms with van der Waals surface area (Å²) < 4.78 is 25.2. The van der Waals surface area contributed by atoms with Crippen molar-refractivity contribution in [3.05, 3.63) is 48.0 Å². The van der Waals surface area contributed by atoms with Gasteiger partial charge in [-0.2, -0.15) is 0 Å². The Morgan fingerprint density at radius 3 is 2.61 bits per heavy atom. The van der Waals surface area contributed by atoms with Crippen LogP contribution in [0.5, 0.6) is 11.5 Å². The fraction of sp³-hybridized carbons (Fsp3) is 0.176. The van der Waals surface area contributed by atoms with E-state index < -0.39 is 0 Å². The molecular weight excluding hydrogens is 297 g/mol. The van der Waals surface area contributed by atoms with Crippen LogP contribution in [-0.2, 0) is 0 Å². The Hall–Kier alpha value is -2.89. The second-order valence-corrected chi connectivity index (χ2v) is 5.34. The van der Waals surface area contributed by atoms with Gasteiger partial charge in [-0.05, 0) is 30.7 Å². The summed E-state index contributed by atoms with van der Waals surface area (Å²) in [5.74, 6) is 1.50. The van der Waals surface area contributed by atoms with Crippen molar-refractivity contribution in [1.82, 2.24) is 9.97 Å². The van der Waals surface area contributed by atoms with E-state index in [1.54, 1.807) is 6.07 Å². The number of fused-ring (bicyclic) bond motifs is 2. The molecule has 0 atom stereocenters. The number of nitrogens with zero attached hydrogens (tertiary/aromatic N) is 2. The molecule has 2 aromatic carbocycles. The van der Waals surface area contributed by atoms with Crippen molar-refractivity contribution in [2.45, 2.75) is 6.92 Å². The Kier molecular flexibility index (Phi) is 3.22. The first-order chi connectivity index (χ1) is 11.2. The molecule has 1 N–H and O–H groups in total. The fourth-order valence-corrected chi connectivity index (χ4v) is 2.54. The van der Waals surface area contributed by atoms with E-state index in [-0.39, 0.29) is 5.82 Å². The van der Waals surface area contributed by atoms with E-state index in [0.29, 0.717) is 41.7 Å². The van der Waals surface area contributed by atoms with Gasteiger partial charge < -0.3 is 14.8 Å². The summed E-state index contributed by atoms with van der Waals surface area (Å²) in [5, 5.41) is 3.77. The van der Waals surface area contributed by atoms with Gasteiger partial charge in [0.1, 0.15) is 31.2 Å². The molecule has 0 amide bonds. The standard InChI is InChI=1S/C17H14FN3O2/c1-10-2-3-13(12(18)6-10)21-17-11-7-15-16(23-5-4-22-15)8-14(11)19-9-20-17/h2-3,6-9H,4-5H2,1H3,(H,19,20,21). The zero-order valence-electron chi connectivity index (χ0n) is 12.5. The lowest BCUT2D eigenvalue weighted by atomic mass is 10.2. The molecule has 1 aliphatic rings. The first kappa shape index (κ1) is 13.8. The fourth-order valence-electron chi connectivity index (χ4n) is 2.54. The minimum atomic E-state index is -0.325. The summed E-state index contributed by atoms with van der Waals surface area (Å²) in [7, 11) is 0. The summed E-state index contributed by atoms with van der Waals surface area (Å²) >= 11 is 0. The number of anilines is 2. The lowest BCUT2D eigenvalue weighted by Crippen LogP contribution is -2.15. The van der Waals surface area contributed by atoms with Gasteiger partial charge >= 0.3 is 0 Å². The molecule has 2 heterocycles. The molecule has 23 heavy (non-hydrogen) atoms. The lowest BCUT2D eigenvalue weighted by molar-refractivity contribution is 0.172. The molecule has 1 aliphatic heterocycles. The quantitative estimate of drug-likeness (QED) is 0.784. The molecule has 1 aromatic heterocycles. The Bertz CT molecular complexity index is 898. The zero-order chi connectivity index (χ0) is 15.8. The third-order valence-corrected chi connectivity index (χ3v) is 3.68. The first-order valence-corrected chi connectivity index (χ1v) is 7.28. The van der Waals surface area contributed by atoms with Crippen LogP contribution in [0.3, 0.4) is 0 Å². The molecule has 0 saturated carbocycles. The maximum Gasteiger partial charge on any atom is 0.163 e. The lowest BCUT2D eigenvalue weighted by Gasteiger charge is -2.19. The van der Waals surface area contributed by atoms with Crippen molar-refractivity contribution in [2.24, 2.45) is 0 Å². The van der Waals surface area contributed by atoms with Gasteiger partial charge in [0.05, 0.1) is 11.2 Å². The molecule has 0 aliphatic carbocycles. The molecular formula is C17H14FN3O2. The Morgan fingerprint density at radius 2 is 1.83 bits per heavy atom. The number of aryl methyl sites for hydroxylation is 1. The van der Waals surface area contributed by atoms with Crippen LogP contribution in [0.2, 0.25) is 0 Å². The van der Waals surface area contributed by atoms with Gasteiger partial charge in [-0.1, -0.05) is 6.07 Å². The largest absolute Gasteiger partial charge is 0.486 e. The van der Waals surface area contributed by atoms with E-state index in [0.717, 1.165) is 10.9 Å². The van der Waals surface area contributed by atoms with E-state index >= 15 is 0 Å². The average molecular weight is 311 g/mol. The highest BCUT2D eigenvalue weighted by atomic mass is 19.1. The Morgan fingerprint density at radius 1 is 1.04 bits per heavy atom. The van der Waals surface area contributed by atoms with Gasteiger partial charge in [0.2, 0.25) is 0 Å². The molecule has 5 nitrogen and oxygen atoms in total. The number of hydrogen-bond acceptors (Lipinski definition) is 5. The molecule has 4 rings (SSSR count). The maximum absolute atomic E-state index is 14.1. The summed E-state index contributed by atoms with van der Waals surface area (Å²) in [6, 6.07) is 8.63. The molecule has 0 radical (unpaired) electrons. The molecule has 116 valence electrons. The summed E-state index contributed by atoms with van der Waals surface area (Å²) in [5.41, 5.74) is 1.94. The van der Waals surface area contributed by atoms with Crippen molar-refractivity contribution >= 4 is 22.4 Å². The normalized spacial score (nSPS) is 13.1. The Labute approximate surface area is 132 Å². The average Bonchev–Trinajstić information content (AvgIpc) is 2.56. The van der Waals surface area contributed by atoms with Crippen molar-refractivity contribution in [3.8, 4) is 11.5 Å². The van der Waals surface area contributed by atoms with Crippen LogP contribution in [0.4, 0.5) is 15.9 Å². The minimum Gasteiger partial charge on any atom is -0.486 e. The van der Waals surface area contributed by atoms with Crippen molar-refractivity contribution in [2.75, 3.05) is 18.5 Å².